The Morgan fingerprint density at radius 3 is 1.64 bits per heavy atom. The molecule has 0 saturated carbocycles. The van der Waals surface area contributed by atoms with Crippen LogP contribution in [0.2, 0.25) is 0 Å². The molecule has 0 rings (SSSR count). The van der Waals surface area contributed by atoms with Crippen molar-refractivity contribution in [3.05, 3.63) is 12.2 Å². The highest BCUT2D eigenvalue weighted by atomic mass is 16.4. The third-order valence-electron chi connectivity index (χ3n) is 6.77. The first-order valence-corrected chi connectivity index (χ1v) is 12.7. The van der Waals surface area contributed by atoms with Crippen molar-refractivity contribution in [1.29, 1.82) is 0 Å². The molecule has 0 aliphatic heterocycles. The Hall–Kier alpha value is -1.89. The number of carboxylic acid groups (broad SMARTS) is 3. The Labute approximate surface area is 200 Å². The summed E-state index contributed by atoms with van der Waals surface area (Å²) in [5.41, 5.74) is 0. The van der Waals surface area contributed by atoms with Gasteiger partial charge in [0, 0.05) is 37.6 Å². The van der Waals surface area contributed by atoms with E-state index >= 15 is 0 Å². The molecular weight excluding hydrogens is 422 g/mol. The molecule has 7 heteroatoms. The van der Waals surface area contributed by atoms with Crippen molar-refractivity contribution in [3.63, 3.8) is 0 Å². The molecule has 0 bridgehead atoms. The van der Waals surface area contributed by atoms with Crippen molar-refractivity contribution >= 4 is 17.9 Å². The van der Waals surface area contributed by atoms with Gasteiger partial charge >= 0.3 is 11.9 Å². The number of quaternary nitrogens is 1. The van der Waals surface area contributed by atoms with Gasteiger partial charge in [-0.2, -0.15) is 0 Å². The third kappa shape index (κ3) is 14.8. The Kier molecular flexibility index (Phi) is 16.6. The highest BCUT2D eigenvalue weighted by Gasteiger charge is 2.30. The second-order valence-electron chi connectivity index (χ2n) is 9.76. The van der Waals surface area contributed by atoms with Crippen LogP contribution in [0.15, 0.2) is 12.2 Å². The Morgan fingerprint density at radius 1 is 0.727 bits per heavy atom. The first-order chi connectivity index (χ1) is 15.5. The Morgan fingerprint density at radius 2 is 1.18 bits per heavy atom. The minimum absolute atomic E-state index is 0.423. The second-order valence-corrected chi connectivity index (χ2v) is 9.76. The predicted octanol–water partition coefficient (Wildman–Crippen LogP) is 4.11. The molecule has 0 radical (unpaired) electrons. The molecular formula is C26H47NO6. The summed E-state index contributed by atoms with van der Waals surface area (Å²) < 4.78 is 0.535. The summed E-state index contributed by atoms with van der Waals surface area (Å²) in [5.74, 6) is -4.40. The van der Waals surface area contributed by atoms with Crippen molar-refractivity contribution in [1.82, 2.24) is 0 Å². The lowest BCUT2D eigenvalue weighted by Gasteiger charge is -2.40. The summed E-state index contributed by atoms with van der Waals surface area (Å²) in [4.78, 5) is 34.0. The lowest BCUT2D eigenvalue weighted by atomic mass is 10.0. The molecule has 3 unspecified atom stereocenters. The summed E-state index contributed by atoms with van der Waals surface area (Å²) >= 11 is 0. The molecule has 0 aliphatic carbocycles. The summed E-state index contributed by atoms with van der Waals surface area (Å²) in [7, 11) is 0. The van der Waals surface area contributed by atoms with E-state index in [-0.39, 0.29) is 0 Å². The van der Waals surface area contributed by atoms with E-state index in [1.165, 1.54) is 32.1 Å². The number of hydrogen-bond donors (Lipinski definition) is 2. The summed E-state index contributed by atoms with van der Waals surface area (Å²) in [6.07, 6.45) is 13.7. The van der Waals surface area contributed by atoms with Crippen LogP contribution in [0.5, 0.6) is 0 Å². The lowest BCUT2D eigenvalue weighted by molar-refractivity contribution is -0.929. The van der Waals surface area contributed by atoms with E-state index in [2.05, 4.69) is 19.1 Å². The Balaban J connectivity index is 5.25. The molecule has 0 saturated heterocycles. The highest BCUT2D eigenvalue weighted by molar-refractivity contribution is 5.69. The number of carbonyl (C=O) groups is 3. The van der Waals surface area contributed by atoms with E-state index in [1.54, 1.807) is 20.8 Å². The van der Waals surface area contributed by atoms with Crippen LogP contribution >= 0.6 is 0 Å². The van der Waals surface area contributed by atoms with Gasteiger partial charge in [-0.05, 0) is 12.8 Å². The van der Waals surface area contributed by atoms with Crippen LogP contribution in [0.25, 0.3) is 0 Å². The van der Waals surface area contributed by atoms with Crippen LogP contribution in [-0.4, -0.2) is 58.8 Å². The summed E-state index contributed by atoms with van der Waals surface area (Å²) in [6.45, 7) is 9.67. The van der Waals surface area contributed by atoms with Crippen LogP contribution in [0.1, 0.15) is 91.9 Å². The van der Waals surface area contributed by atoms with Crippen LogP contribution in [0.4, 0.5) is 0 Å². The van der Waals surface area contributed by atoms with Gasteiger partial charge in [0.15, 0.2) is 0 Å². The van der Waals surface area contributed by atoms with Gasteiger partial charge in [-0.1, -0.05) is 65.5 Å². The molecule has 192 valence electrons. The van der Waals surface area contributed by atoms with Gasteiger partial charge < -0.3 is 24.6 Å². The second kappa shape index (κ2) is 17.6. The van der Waals surface area contributed by atoms with Gasteiger partial charge in [-0.25, -0.2) is 0 Å². The highest BCUT2D eigenvalue weighted by Crippen LogP contribution is 2.20. The van der Waals surface area contributed by atoms with Gasteiger partial charge in [0.05, 0.1) is 38.0 Å². The minimum Gasteiger partial charge on any atom is -0.550 e. The molecule has 0 fully saturated rings. The Bertz CT molecular complexity index is 544. The van der Waals surface area contributed by atoms with E-state index in [0.29, 0.717) is 43.4 Å². The van der Waals surface area contributed by atoms with Crippen molar-refractivity contribution in [2.75, 3.05) is 26.2 Å². The quantitative estimate of drug-likeness (QED) is 0.149. The van der Waals surface area contributed by atoms with Crippen molar-refractivity contribution in [2.24, 2.45) is 17.8 Å². The van der Waals surface area contributed by atoms with E-state index in [4.69, 9.17) is 0 Å². The van der Waals surface area contributed by atoms with Crippen LogP contribution in [0.3, 0.4) is 0 Å². The number of carbonyl (C=O) groups excluding carboxylic acids is 1. The van der Waals surface area contributed by atoms with Gasteiger partial charge in [-0.3, -0.25) is 9.59 Å². The number of hydrogen-bond acceptors (Lipinski definition) is 4. The monoisotopic (exact) mass is 469 g/mol. The zero-order chi connectivity index (χ0) is 25.3. The molecule has 2 N–H and O–H groups in total. The smallest absolute Gasteiger partial charge is 0.306 e. The summed E-state index contributed by atoms with van der Waals surface area (Å²) in [6, 6.07) is 0. The predicted molar refractivity (Wildman–Crippen MR) is 128 cm³/mol. The van der Waals surface area contributed by atoms with E-state index in [1.807, 2.05) is 0 Å². The molecule has 3 atom stereocenters. The molecule has 0 heterocycles. The molecule has 33 heavy (non-hydrogen) atoms. The topological polar surface area (TPSA) is 115 Å². The maximum atomic E-state index is 11.4. The first-order valence-electron chi connectivity index (χ1n) is 12.7. The van der Waals surface area contributed by atoms with Crippen LogP contribution < -0.4 is 5.11 Å². The fourth-order valence-electron chi connectivity index (χ4n) is 3.89. The molecule has 0 amide bonds. The van der Waals surface area contributed by atoms with Gasteiger partial charge in [0.25, 0.3) is 0 Å². The van der Waals surface area contributed by atoms with Gasteiger partial charge in [0.2, 0.25) is 0 Å². The van der Waals surface area contributed by atoms with Crippen molar-refractivity contribution in [3.8, 4) is 0 Å². The maximum absolute atomic E-state index is 11.4. The van der Waals surface area contributed by atoms with Gasteiger partial charge in [-0.15, -0.1) is 0 Å². The zero-order valence-electron chi connectivity index (χ0n) is 21.3. The SMILES string of the molecule is CCCCCCC/C=C/CC[N+](CCC(C)C(=O)[O-])(CCC(C)C(=O)O)CCC(C)C(=O)O. The number of carboxylic acids is 3. The summed E-state index contributed by atoms with van der Waals surface area (Å²) in [5, 5.41) is 29.9. The average molecular weight is 470 g/mol. The normalized spacial score (nSPS) is 16.2. The van der Waals surface area contributed by atoms with Crippen LogP contribution in [0, 0.1) is 17.8 Å². The zero-order valence-corrected chi connectivity index (χ0v) is 21.3. The number of allylic oxidation sites excluding steroid dienone is 1. The van der Waals surface area contributed by atoms with Gasteiger partial charge in [0.1, 0.15) is 0 Å². The minimum atomic E-state index is -1.09. The maximum Gasteiger partial charge on any atom is 0.306 e. The number of nitrogens with zero attached hydrogens (tertiary/aromatic N) is 1. The molecule has 0 aromatic rings. The molecule has 0 spiro atoms. The van der Waals surface area contributed by atoms with Crippen molar-refractivity contribution in [2.45, 2.75) is 91.9 Å². The number of rotatable bonds is 21. The fourth-order valence-corrected chi connectivity index (χ4v) is 3.89. The van der Waals surface area contributed by atoms with E-state index < -0.39 is 35.7 Å². The van der Waals surface area contributed by atoms with E-state index in [0.717, 1.165) is 19.4 Å². The third-order valence-corrected chi connectivity index (χ3v) is 6.77. The first kappa shape index (κ1) is 31.1. The van der Waals surface area contributed by atoms with Crippen LogP contribution in [-0.2, 0) is 14.4 Å². The lowest BCUT2D eigenvalue weighted by Crippen LogP contribution is -2.52. The molecule has 0 aromatic heterocycles. The largest absolute Gasteiger partial charge is 0.550 e. The van der Waals surface area contributed by atoms with E-state index in [9.17, 15) is 29.7 Å². The molecule has 0 aliphatic rings. The number of aliphatic carboxylic acids is 3. The molecule has 7 nitrogen and oxygen atoms in total. The number of unbranched alkanes of at least 4 members (excludes halogenated alkanes) is 5. The average Bonchev–Trinajstić information content (AvgIpc) is 2.77. The van der Waals surface area contributed by atoms with Crippen molar-refractivity contribution < 1.29 is 34.2 Å². The standard InChI is InChI=1S/C26H47NO6/c1-5-6-7-8-9-10-11-12-13-17-27(18-14-21(2)24(28)29,19-15-22(3)25(30)31)20-16-23(4)26(32)33/h11-12,21-23H,5-10,13-20H2,1-4H3,(H2-,28,29,30,31,32,33)/b12-11+. The fraction of sp³-hybridized carbons (Fsp3) is 0.808. The molecule has 0 aromatic carbocycles.